The van der Waals surface area contributed by atoms with Gasteiger partial charge in [-0.25, -0.2) is 0 Å². The first-order valence-corrected chi connectivity index (χ1v) is 9.79. The zero-order chi connectivity index (χ0) is 22.2. The number of methoxy groups -OCH3 is 1. The fraction of sp³-hybridized carbons (Fsp3) is 0.524. The van der Waals surface area contributed by atoms with E-state index >= 15 is 0 Å². The molecule has 9 heteroatoms. The van der Waals surface area contributed by atoms with E-state index < -0.39 is 24.1 Å². The molecular weight excluding hydrogens is 392 g/mol. The van der Waals surface area contributed by atoms with Crippen molar-refractivity contribution in [2.45, 2.75) is 52.9 Å². The van der Waals surface area contributed by atoms with E-state index in [0.29, 0.717) is 54.2 Å². The van der Waals surface area contributed by atoms with Crippen molar-refractivity contribution in [2.75, 3.05) is 20.3 Å². The molecule has 1 aromatic rings. The largest absolute Gasteiger partial charge is 0.458 e. The summed E-state index contributed by atoms with van der Waals surface area (Å²) in [4.78, 5) is 49.8. The molecule has 0 saturated carbocycles. The van der Waals surface area contributed by atoms with Crippen LogP contribution in [0.25, 0.3) is 0 Å². The highest BCUT2D eigenvalue weighted by atomic mass is 16.6. The molecule has 1 aliphatic heterocycles. The molecule has 0 fully saturated rings. The second kappa shape index (κ2) is 8.43. The molecule has 2 aliphatic rings. The van der Waals surface area contributed by atoms with Crippen LogP contribution in [0.5, 0.6) is 0 Å². The molecule has 2 atom stereocenters. The summed E-state index contributed by atoms with van der Waals surface area (Å²) in [6.45, 7) is 7.01. The fourth-order valence-corrected chi connectivity index (χ4v) is 4.18. The Bertz CT molecular complexity index is 957. The number of aromatic nitrogens is 1. The smallest absolute Gasteiger partial charge is 0.303 e. The fourth-order valence-electron chi connectivity index (χ4n) is 4.18. The quantitative estimate of drug-likeness (QED) is 0.548. The van der Waals surface area contributed by atoms with Crippen LogP contribution in [0.4, 0.5) is 0 Å². The number of ether oxygens (including phenoxy) is 3. The zero-order valence-electron chi connectivity index (χ0n) is 17.8. The molecule has 9 nitrogen and oxygen atoms in total. The summed E-state index contributed by atoms with van der Waals surface area (Å²) < 4.78 is 17.6. The van der Waals surface area contributed by atoms with Gasteiger partial charge >= 0.3 is 11.9 Å². The van der Waals surface area contributed by atoms with Gasteiger partial charge < -0.3 is 24.1 Å². The average Bonchev–Trinajstić information content (AvgIpc) is 2.97. The normalized spacial score (nSPS) is 20.6. The molecule has 0 radical (unpaired) electrons. The molecule has 0 saturated heterocycles. The third-order valence-electron chi connectivity index (χ3n) is 5.40. The first-order chi connectivity index (χ1) is 14.2. The molecule has 0 bridgehead atoms. The van der Waals surface area contributed by atoms with E-state index in [0.717, 1.165) is 0 Å². The minimum Gasteiger partial charge on any atom is -0.458 e. The first-order valence-electron chi connectivity index (χ1n) is 9.79. The summed E-state index contributed by atoms with van der Waals surface area (Å²) in [5.41, 5.74) is 2.22. The van der Waals surface area contributed by atoms with Crippen molar-refractivity contribution in [3.05, 3.63) is 33.8 Å². The summed E-state index contributed by atoms with van der Waals surface area (Å²) in [6.07, 6.45) is -1.22. The van der Waals surface area contributed by atoms with Gasteiger partial charge in [0.1, 0.15) is 11.8 Å². The zero-order valence-corrected chi connectivity index (χ0v) is 17.8. The Hall–Kier alpha value is -2.94. The number of carbonyl (C=O) groups is 4. The Balaban J connectivity index is 2.10. The van der Waals surface area contributed by atoms with E-state index in [1.54, 1.807) is 25.5 Å². The lowest BCUT2D eigenvalue weighted by Crippen LogP contribution is -2.36. The van der Waals surface area contributed by atoms with E-state index in [2.05, 4.69) is 5.32 Å². The number of carbonyl (C=O) groups excluding carboxylic acids is 4. The van der Waals surface area contributed by atoms with Gasteiger partial charge in [-0.05, 0) is 19.4 Å². The highest BCUT2D eigenvalue weighted by molar-refractivity contribution is 6.26. The maximum absolute atomic E-state index is 13.3. The number of nitrogens with one attached hydrogen (secondary N) is 1. The van der Waals surface area contributed by atoms with Gasteiger partial charge in [0.05, 0.1) is 23.6 Å². The molecule has 1 N–H and O–H groups in total. The van der Waals surface area contributed by atoms with Gasteiger partial charge in [0.15, 0.2) is 6.10 Å². The van der Waals surface area contributed by atoms with E-state index in [-0.39, 0.29) is 17.3 Å². The van der Waals surface area contributed by atoms with Crippen molar-refractivity contribution >= 4 is 23.5 Å². The SMILES string of the molecule is COCCNC1=C(C)C(=O)c2c(c(C)c3n2CC[C@H](OC(C)=O)[C@@H]3OC(C)=O)C1=O. The Morgan fingerprint density at radius 3 is 2.37 bits per heavy atom. The maximum atomic E-state index is 13.3. The Kier molecular flexibility index (Phi) is 6.12. The van der Waals surface area contributed by atoms with Crippen molar-refractivity contribution < 1.29 is 33.4 Å². The van der Waals surface area contributed by atoms with E-state index in [4.69, 9.17) is 14.2 Å². The number of hydrogen-bond donors (Lipinski definition) is 1. The van der Waals surface area contributed by atoms with Gasteiger partial charge in [0.25, 0.3) is 0 Å². The number of esters is 2. The monoisotopic (exact) mass is 418 g/mol. The van der Waals surface area contributed by atoms with Crippen LogP contribution in [0.15, 0.2) is 11.3 Å². The average molecular weight is 418 g/mol. The summed E-state index contributed by atoms with van der Waals surface area (Å²) in [5.74, 6) is -1.58. The Morgan fingerprint density at radius 1 is 1.10 bits per heavy atom. The molecule has 0 unspecified atom stereocenters. The third-order valence-corrected chi connectivity index (χ3v) is 5.40. The van der Waals surface area contributed by atoms with Crippen molar-refractivity contribution in [1.29, 1.82) is 0 Å². The van der Waals surface area contributed by atoms with Gasteiger partial charge in [0, 0.05) is 46.0 Å². The topological polar surface area (TPSA) is 113 Å². The molecular formula is C21H26N2O7. The molecule has 2 heterocycles. The molecule has 3 rings (SSSR count). The summed E-state index contributed by atoms with van der Waals surface area (Å²) in [5, 5.41) is 3.00. The standard InChI is InChI=1S/C21H26N2O7/c1-10-15-18(19(26)11(2)16(20(15)27)22-7-9-28-5)23-8-6-14(29-12(3)24)21(17(10)23)30-13(4)25/h14,21-22H,6-9H2,1-5H3/t14-,21-/m0/s1. The number of Topliss-reactive ketones (excluding diaryl/α,β-unsaturated/α-hetero) is 2. The van der Waals surface area contributed by atoms with Gasteiger partial charge in [-0.15, -0.1) is 0 Å². The molecule has 0 spiro atoms. The van der Waals surface area contributed by atoms with Crippen molar-refractivity contribution in [1.82, 2.24) is 9.88 Å². The number of nitrogens with zero attached hydrogens (tertiary/aromatic N) is 1. The predicted octanol–water partition coefficient (Wildman–Crippen LogP) is 1.63. The second-order valence-corrected chi connectivity index (χ2v) is 7.43. The van der Waals surface area contributed by atoms with Gasteiger partial charge in [-0.1, -0.05) is 0 Å². The van der Waals surface area contributed by atoms with Crippen LogP contribution >= 0.6 is 0 Å². The van der Waals surface area contributed by atoms with E-state index in [9.17, 15) is 19.2 Å². The van der Waals surface area contributed by atoms with Crippen LogP contribution in [-0.4, -0.2) is 54.4 Å². The predicted molar refractivity (Wildman–Crippen MR) is 105 cm³/mol. The minimum absolute atomic E-state index is 0.246. The lowest BCUT2D eigenvalue weighted by atomic mass is 9.90. The maximum Gasteiger partial charge on any atom is 0.303 e. The van der Waals surface area contributed by atoms with Crippen LogP contribution in [0.1, 0.15) is 65.4 Å². The molecule has 162 valence electrons. The lowest BCUT2D eigenvalue weighted by Gasteiger charge is -2.33. The van der Waals surface area contributed by atoms with Crippen molar-refractivity contribution in [3.8, 4) is 0 Å². The molecule has 30 heavy (non-hydrogen) atoms. The highest BCUT2D eigenvalue weighted by Crippen LogP contribution is 2.41. The Labute approximate surface area is 174 Å². The van der Waals surface area contributed by atoms with E-state index in [1.807, 2.05) is 0 Å². The number of allylic oxidation sites excluding steroid dienone is 2. The van der Waals surface area contributed by atoms with Crippen LogP contribution in [0.3, 0.4) is 0 Å². The molecule has 0 aromatic carbocycles. The van der Waals surface area contributed by atoms with Gasteiger partial charge in [-0.2, -0.15) is 0 Å². The number of ketones is 2. The third kappa shape index (κ3) is 3.65. The van der Waals surface area contributed by atoms with Crippen molar-refractivity contribution in [3.63, 3.8) is 0 Å². The van der Waals surface area contributed by atoms with Crippen LogP contribution in [0, 0.1) is 6.92 Å². The van der Waals surface area contributed by atoms with E-state index in [1.165, 1.54) is 13.8 Å². The minimum atomic E-state index is -0.892. The number of hydrogen-bond acceptors (Lipinski definition) is 8. The second-order valence-electron chi connectivity index (χ2n) is 7.43. The van der Waals surface area contributed by atoms with Crippen LogP contribution in [0.2, 0.25) is 0 Å². The van der Waals surface area contributed by atoms with Crippen molar-refractivity contribution in [2.24, 2.45) is 0 Å². The summed E-state index contributed by atoms with van der Waals surface area (Å²) in [6, 6.07) is 0. The van der Waals surface area contributed by atoms with Gasteiger partial charge in [-0.3, -0.25) is 19.2 Å². The lowest BCUT2D eigenvalue weighted by molar-refractivity contribution is -0.169. The molecule has 1 aromatic heterocycles. The van der Waals surface area contributed by atoms with Crippen LogP contribution < -0.4 is 5.32 Å². The molecule has 0 amide bonds. The summed E-state index contributed by atoms with van der Waals surface area (Å²) >= 11 is 0. The van der Waals surface area contributed by atoms with Crippen LogP contribution in [-0.2, 0) is 30.3 Å². The highest BCUT2D eigenvalue weighted by Gasteiger charge is 2.44. The summed E-state index contributed by atoms with van der Waals surface area (Å²) in [7, 11) is 1.55. The number of rotatable bonds is 6. The Morgan fingerprint density at radius 2 is 1.77 bits per heavy atom. The first kappa shape index (κ1) is 21.8. The molecule has 1 aliphatic carbocycles. The number of fused-ring (bicyclic) bond motifs is 3. The van der Waals surface area contributed by atoms with Gasteiger partial charge in [0.2, 0.25) is 11.6 Å².